The molecule has 0 bridgehead atoms. The van der Waals surface area contributed by atoms with Gasteiger partial charge >= 0.3 is 0 Å². The number of nitrogens with one attached hydrogen (secondary N) is 1. The first kappa shape index (κ1) is 15.5. The number of hydrogen-bond acceptors (Lipinski definition) is 3. The van der Waals surface area contributed by atoms with Crippen molar-refractivity contribution in [3.05, 3.63) is 0 Å². The van der Waals surface area contributed by atoms with Gasteiger partial charge in [0.15, 0.2) is 0 Å². The average Bonchev–Trinajstić information content (AvgIpc) is 2.45. The van der Waals surface area contributed by atoms with Gasteiger partial charge in [0.25, 0.3) is 0 Å². The van der Waals surface area contributed by atoms with Crippen LogP contribution in [0.15, 0.2) is 0 Å². The van der Waals surface area contributed by atoms with Crippen LogP contribution in [0.4, 0.5) is 0 Å². The molecule has 0 aromatic carbocycles. The zero-order chi connectivity index (χ0) is 13.2. The molecule has 1 saturated heterocycles. The molecule has 18 heavy (non-hydrogen) atoms. The summed E-state index contributed by atoms with van der Waals surface area (Å²) in [5.74, 6) is 0.665. The van der Waals surface area contributed by atoms with Crippen LogP contribution in [0.3, 0.4) is 0 Å². The fraction of sp³-hybridized carbons (Fsp3) is 0.933. The fourth-order valence-corrected chi connectivity index (χ4v) is 2.86. The maximum atomic E-state index is 8.67. The van der Waals surface area contributed by atoms with E-state index in [1.54, 1.807) is 0 Å². The van der Waals surface area contributed by atoms with Gasteiger partial charge in [0, 0.05) is 31.7 Å². The molecule has 0 radical (unpaired) electrons. The Morgan fingerprint density at radius 1 is 1.00 bits per heavy atom. The van der Waals surface area contributed by atoms with E-state index in [0.717, 1.165) is 32.5 Å². The van der Waals surface area contributed by atoms with E-state index in [1.165, 1.54) is 25.7 Å². The van der Waals surface area contributed by atoms with Crippen LogP contribution in [0.5, 0.6) is 0 Å². The first-order chi connectivity index (χ1) is 8.88. The lowest BCUT2D eigenvalue weighted by Crippen LogP contribution is -2.43. The Morgan fingerprint density at radius 3 is 2.11 bits per heavy atom. The van der Waals surface area contributed by atoms with Gasteiger partial charge < -0.3 is 10.1 Å². The predicted molar refractivity (Wildman–Crippen MR) is 74.3 cm³/mol. The normalized spacial score (nSPS) is 28.9. The summed E-state index contributed by atoms with van der Waals surface area (Å²) < 4.78 is 5.36. The smallest absolute Gasteiger partial charge is 0.0624 e. The minimum atomic E-state index is 0.665. The Labute approximate surface area is 112 Å². The van der Waals surface area contributed by atoms with Crippen molar-refractivity contribution in [2.45, 2.75) is 70.9 Å². The summed E-state index contributed by atoms with van der Waals surface area (Å²) in [7, 11) is 0. The van der Waals surface area contributed by atoms with E-state index in [-0.39, 0.29) is 0 Å². The van der Waals surface area contributed by atoms with Crippen molar-refractivity contribution in [3.63, 3.8) is 0 Å². The van der Waals surface area contributed by atoms with E-state index < -0.39 is 0 Å². The lowest BCUT2D eigenvalue weighted by Gasteiger charge is -2.33. The van der Waals surface area contributed by atoms with E-state index in [1.807, 2.05) is 13.8 Å². The maximum absolute atomic E-state index is 8.67. The van der Waals surface area contributed by atoms with Gasteiger partial charge in [-0.1, -0.05) is 13.8 Å². The van der Waals surface area contributed by atoms with E-state index >= 15 is 0 Å². The topological polar surface area (TPSA) is 45.0 Å². The number of hydrogen-bond donors (Lipinski definition) is 1. The van der Waals surface area contributed by atoms with Crippen LogP contribution < -0.4 is 5.32 Å². The standard InChI is InChI=1S/C13H22N2O.C2H6/c14-8-5-11-1-3-12(4-2-11)15-13-6-9-16-10-7-13;1-2/h11-13,15H,1-7,9-10H2;1-2H3. The van der Waals surface area contributed by atoms with Gasteiger partial charge in [-0.15, -0.1) is 0 Å². The molecule has 2 aliphatic rings. The quantitative estimate of drug-likeness (QED) is 0.838. The second-order valence-corrected chi connectivity index (χ2v) is 5.13. The summed E-state index contributed by atoms with van der Waals surface area (Å²) in [4.78, 5) is 0. The van der Waals surface area contributed by atoms with Crippen LogP contribution in [0.2, 0.25) is 0 Å². The molecule has 3 nitrogen and oxygen atoms in total. The van der Waals surface area contributed by atoms with E-state index in [2.05, 4.69) is 11.4 Å². The van der Waals surface area contributed by atoms with Gasteiger partial charge in [-0.25, -0.2) is 0 Å². The highest BCUT2D eigenvalue weighted by atomic mass is 16.5. The fourth-order valence-electron chi connectivity index (χ4n) is 2.86. The number of nitrogens with zero attached hydrogens (tertiary/aromatic N) is 1. The molecule has 0 spiro atoms. The summed E-state index contributed by atoms with van der Waals surface area (Å²) in [6, 6.07) is 3.66. The predicted octanol–water partition coefficient (Wildman–Crippen LogP) is 3.25. The second kappa shape index (κ2) is 9.35. The Hall–Kier alpha value is -0.590. The molecule has 3 heteroatoms. The molecule has 0 amide bonds. The summed E-state index contributed by atoms with van der Waals surface area (Å²) in [6.07, 6.45) is 8.05. The van der Waals surface area contributed by atoms with Crippen molar-refractivity contribution >= 4 is 0 Å². The molecular formula is C15H28N2O. The Bertz CT molecular complexity index is 235. The second-order valence-electron chi connectivity index (χ2n) is 5.13. The third kappa shape index (κ3) is 5.37. The van der Waals surface area contributed by atoms with Gasteiger partial charge in [0.2, 0.25) is 0 Å². The average molecular weight is 252 g/mol. The Morgan fingerprint density at radius 2 is 1.56 bits per heavy atom. The lowest BCUT2D eigenvalue weighted by atomic mass is 9.84. The summed E-state index contributed by atoms with van der Waals surface area (Å²) >= 11 is 0. The van der Waals surface area contributed by atoms with Crippen LogP contribution in [0.25, 0.3) is 0 Å². The third-order valence-corrected chi connectivity index (χ3v) is 3.92. The lowest BCUT2D eigenvalue weighted by molar-refractivity contribution is 0.0723. The Balaban J connectivity index is 0.000000771. The monoisotopic (exact) mass is 252 g/mol. The molecule has 104 valence electrons. The first-order valence-electron chi connectivity index (χ1n) is 7.59. The molecule has 1 saturated carbocycles. The molecule has 0 aromatic rings. The molecule has 0 atom stereocenters. The van der Waals surface area contributed by atoms with Gasteiger partial charge in [-0.3, -0.25) is 0 Å². The highest BCUT2D eigenvalue weighted by Crippen LogP contribution is 2.27. The zero-order valence-corrected chi connectivity index (χ0v) is 12.0. The first-order valence-corrected chi connectivity index (χ1v) is 7.59. The summed E-state index contributed by atoms with van der Waals surface area (Å²) in [5, 5.41) is 12.4. The molecule has 1 aliphatic heterocycles. The van der Waals surface area contributed by atoms with Crippen LogP contribution in [-0.4, -0.2) is 25.3 Å². The van der Waals surface area contributed by atoms with E-state index in [9.17, 15) is 0 Å². The maximum Gasteiger partial charge on any atom is 0.0624 e. The third-order valence-electron chi connectivity index (χ3n) is 3.92. The minimum absolute atomic E-state index is 0.665. The highest BCUT2D eigenvalue weighted by Gasteiger charge is 2.23. The minimum Gasteiger partial charge on any atom is -0.381 e. The number of ether oxygens (including phenoxy) is 1. The van der Waals surface area contributed by atoms with Crippen molar-refractivity contribution in [3.8, 4) is 6.07 Å². The summed E-state index contributed by atoms with van der Waals surface area (Å²) in [6.45, 7) is 5.84. The number of rotatable bonds is 3. The molecule has 2 fully saturated rings. The molecule has 1 aliphatic carbocycles. The van der Waals surface area contributed by atoms with Gasteiger partial charge in [-0.2, -0.15) is 5.26 Å². The number of nitriles is 1. The van der Waals surface area contributed by atoms with Crippen LogP contribution >= 0.6 is 0 Å². The molecule has 0 aromatic heterocycles. The van der Waals surface area contributed by atoms with Crippen LogP contribution in [0, 0.1) is 17.2 Å². The van der Waals surface area contributed by atoms with Gasteiger partial charge in [0.05, 0.1) is 6.07 Å². The van der Waals surface area contributed by atoms with Gasteiger partial charge in [0.1, 0.15) is 0 Å². The molecular weight excluding hydrogens is 224 g/mol. The highest BCUT2D eigenvalue weighted by molar-refractivity contribution is 4.85. The van der Waals surface area contributed by atoms with Gasteiger partial charge in [-0.05, 0) is 44.4 Å². The van der Waals surface area contributed by atoms with Crippen LogP contribution in [-0.2, 0) is 4.74 Å². The summed E-state index contributed by atoms with van der Waals surface area (Å²) in [5.41, 5.74) is 0. The molecule has 1 N–H and O–H groups in total. The van der Waals surface area contributed by atoms with Crippen LogP contribution in [0.1, 0.15) is 58.8 Å². The van der Waals surface area contributed by atoms with E-state index in [4.69, 9.17) is 10.00 Å². The largest absolute Gasteiger partial charge is 0.381 e. The zero-order valence-electron chi connectivity index (χ0n) is 12.0. The Kier molecular flexibility index (Phi) is 8.04. The van der Waals surface area contributed by atoms with Crippen molar-refractivity contribution in [2.24, 2.45) is 5.92 Å². The van der Waals surface area contributed by atoms with Crippen molar-refractivity contribution in [2.75, 3.05) is 13.2 Å². The molecule has 0 unspecified atom stereocenters. The SMILES string of the molecule is CC.N#CCC1CCC(NC2CCOCC2)CC1. The van der Waals surface area contributed by atoms with Crippen molar-refractivity contribution < 1.29 is 4.74 Å². The van der Waals surface area contributed by atoms with Crippen molar-refractivity contribution in [1.82, 2.24) is 5.32 Å². The molecule has 1 heterocycles. The van der Waals surface area contributed by atoms with Crippen molar-refractivity contribution in [1.29, 1.82) is 5.26 Å². The van der Waals surface area contributed by atoms with E-state index in [0.29, 0.717) is 18.0 Å². The molecule has 2 rings (SSSR count).